The van der Waals surface area contributed by atoms with E-state index in [1.54, 1.807) is 0 Å². The van der Waals surface area contributed by atoms with Crippen LogP contribution < -0.4 is 5.32 Å². The van der Waals surface area contributed by atoms with Crippen LogP contribution in [0.25, 0.3) is 0 Å². The average Bonchev–Trinajstić information content (AvgIpc) is 1.86. The summed E-state index contributed by atoms with van der Waals surface area (Å²) in [7, 11) is 0. The molecule has 0 saturated carbocycles. The molecule has 0 bridgehead atoms. The Hall–Kier alpha value is -0.220. The summed E-state index contributed by atoms with van der Waals surface area (Å²) in [5.74, 6) is 0.493. The summed E-state index contributed by atoms with van der Waals surface area (Å²) in [6, 6.07) is 0.00540. The molecule has 4 heteroatoms. The first-order chi connectivity index (χ1) is 4.70. The fourth-order valence-electron chi connectivity index (χ4n) is 0.652. The monoisotopic (exact) mass is 163 g/mol. The summed E-state index contributed by atoms with van der Waals surface area (Å²) in [5, 5.41) is 11.2. The van der Waals surface area contributed by atoms with E-state index in [1.165, 1.54) is 6.92 Å². The highest BCUT2D eigenvalue weighted by molar-refractivity contribution is 7.80. The Balaban J connectivity index is 3.49. The van der Waals surface area contributed by atoms with E-state index < -0.39 is 0 Å². The molecule has 60 valence electrons. The van der Waals surface area contributed by atoms with Gasteiger partial charge in [-0.3, -0.25) is 4.79 Å². The van der Waals surface area contributed by atoms with Crippen molar-refractivity contribution in [3.8, 4) is 0 Å². The molecule has 0 aromatic carbocycles. The Morgan fingerprint density at radius 3 is 2.70 bits per heavy atom. The average molecular weight is 163 g/mol. The maximum absolute atomic E-state index is 10.5. The van der Waals surface area contributed by atoms with Crippen LogP contribution in [0.4, 0.5) is 0 Å². The fourth-order valence-corrected chi connectivity index (χ4v) is 0.926. The van der Waals surface area contributed by atoms with Gasteiger partial charge in [0.15, 0.2) is 0 Å². The van der Waals surface area contributed by atoms with Gasteiger partial charge in [0.05, 0.1) is 0 Å². The second kappa shape index (κ2) is 5.56. The SMILES string of the molecule is CC(=O)N[C@H](CS)CCO. The molecule has 0 aromatic heterocycles. The van der Waals surface area contributed by atoms with Crippen LogP contribution >= 0.6 is 12.6 Å². The first kappa shape index (κ1) is 9.78. The van der Waals surface area contributed by atoms with Crippen molar-refractivity contribution in [3.05, 3.63) is 0 Å². The maximum Gasteiger partial charge on any atom is 0.217 e. The van der Waals surface area contributed by atoms with Gasteiger partial charge in [0.25, 0.3) is 0 Å². The number of nitrogens with one attached hydrogen (secondary N) is 1. The zero-order valence-electron chi connectivity index (χ0n) is 6.00. The maximum atomic E-state index is 10.5. The molecular weight excluding hydrogens is 150 g/mol. The molecule has 0 unspecified atom stereocenters. The molecule has 0 aliphatic heterocycles. The molecule has 10 heavy (non-hydrogen) atoms. The normalized spacial score (nSPS) is 12.7. The van der Waals surface area contributed by atoms with Gasteiger partial charge in [-0.05, 0) is 6.42 Å². The Morgan fingerprint density at radius 1 is 1.80 bits per heavy atom. The van der Waals surface area contributed by atoms with Crippen molar-refractivity contribution >= 4 is 18.5 Å². The van der Waals surface area contributed by atoms with Gasteiger partial charge in [-0.25, -0.2) is 0 Å². The van der Waals surface area contributed by atoms with Gasteiger partial charge >= 0.3 is 0 Å². The van der Waals surface area contributed by atoms with E-state index in [4.69, 9.17) is 5.11 Å². The molecule has 1 amide bonds. The predicted octanol–water partition coefficient (Wildman–Crippen LogP) is -0.197. The summed E-state index contributed by atoms with van der Waals surface area (Å²) in [5.41, 5.74) is 0. The number of carbonyl (C=O) groups excluding carboxylic acids is 1. The number of hydrogen-bond acceptors (Lipinski definition) is 3. The third kappa shape index (κ3) is 4.64. The summed E-state index contributed by atoms with van der Waals surface area (Å²) >= 11 is 4.00. The third-order valence-corrected chi connectivity index (χ3v) is 1.55. The van der Waals surface area contributed by atoms with Gasteiger partial charge in [-0.15, -0.1) is 0 Å². The van der Waals surface area contributed by atoms with Crippen LogP contribution in [0.1, 0.15) is 13.3 Å². The zero-order valence-corrected chi connectivity index (χ0v) is 6.90. The van der Waals surface area contributed by atoms with E-state index in [0.29, 0.717) is 12.2 Å². The van der Waals surface area contributed by atoms with Gasteiger partial charge in [0.2, 0.25) is 5.91 Å². The molecule has 0 fully saturated rings. The third-order valence-electron chi connectivity index (χ3n) is 1.11. The minimum atomic E-state index is -0.0764. The van der Waals surface area contributed by atoms with Crippen LogP contribution in [-0.4, -0.2) is 29.4 Å². The van der Waals surface area contributed by atoms with Crippen LogP contribution in [0.3, 0.4) is 0 Å². The molecule has 0 radical (unpaired) electrons. The van der Waals surface area contributed by atoms with Gasteiger partial charge in [0.1, 0.15) is 0 Å². The molecule has 1 atom stereocenters. The van der Waals surface area contributed by atoms with Gasteiger partial charge in [-0.1, -0.05) is 0 Å². The predicted molar refractivity (Wildman–Crippen MR) is 43.2 cm³/mol. The van der Waals surface area contributed by atoms with E-state index in [0.717, 1.165) is 0 Å². The number of rotatable bonds is 4. The molecule has 0 spiro atoms. The molecular formula is C6H13NO2S. The van der Waals surface area contributed by atoms with Crippen LogP contribution in [-0.2, 0) is 4.79 Å². The fraction of sp³-hybridized carbons (Fsp3) is 0.833. The lowest BCUT2D eigenvalue weighted by molar-refractivity contribution is -0.119. The number of amides is 1. The van der Waals surface area contributed by atoms with Gasteiger partial charge in [-0.2, -0.15) is 12.6 Å². The first-order valence-corrected chi connectivity index (χ1v) is 3.82. The minimum absolute atomic E-state index is 0.00540. The largest absolute Gasteiger partial charge is 0.396 e. The Bertz CT molecular complexity index is 108. The Labute approximate surface area is 66.2 Å². The van der Waals surface area contributed by atoms with Gasteiger partial charge < -0.3 is 10.4 Å². The lowest BCUT2D eigenvalue weighted by Gasteiger charge is -2.12. The zero-order chi connectivity index (χ0) is 7.98. The summed E-state index contributed by atoms with van der Waals surface area (Å²) < 4.78 is 0. The number of thiol groups is 1. The van der Waals surface area contributed by atoms with E-state index in [2.05, 4.69) is 17.9 Å². The van der Waals surface area contributed by atoms with E-state index in [9.17, 15) is 4.79 Å². The highest BCUT2D eigenvalue weighted by Crippen LogP contribution is 1.92. The molecule has 2 N–H and O–H groups in total. The van der Waals surface area contributed by atoms with Crippen molar-refractivity contribution < 1.29 is 9.90 Å². The molecule has 0 heterocycles. The first-order valence-electron chi connectivity index (χ1n) is 3.19. The van der Waals surface area contributed by atoms with E-state index in [1.807, 2.05) is 0 Å². The molecule has 3 nitrogen and oxygen atoms in total. The highest BCUT2D eigenvalue weighted by atomic mass is 32.1. The van der Waals surface area contributed by atoms with Crippen molar-refractivity contribution in [1.82, 2.24) is 5.32 Å². The second-order valence-corrected chi connectivity index (χ2v) is 2.46. The Kier molecular flexibility index (Phi) is 5.43. The minimum Gasteiger partial charge on any atom is -0.396 e. The molecule has 0 aromatic rings. The number of carbonyl (C=O) groups is 1. The van der Waals surface area contributed by atoms with Crippen LogP contribution in [0.15, 0.2) is 0 Å². The molecule has 0 rings (SSSR count). The molecule has 0 aliphatic carbocycles. The quantitative estimate of drug-likeness (QED) is 0.503. The van der Waals surface area contributed by atoms with Crippen molar-refractivity contribution in [1.29, 1.82) is 0 Å². The topological polar surface area (TPSA) is 49.3 Å². The highest BCUT2D eigenvalue weighted by Gasteiger charge is 2.05. The van der Waals surface area contributed by atoms with Crippen molar-refractivity contribution in [3.63, 3.8) is 0 Å². The number of hydrogen-bond donors (Lipinski definition) is 3. The molecule has 0 saturated heterocycles. The number of aliphatic hydroxyl groups excluding tert-OH is 1. The van der Waals surface area contributed by atoms with Crippen molar-refractivity contribution in [2.24, 2.45) is 0 Å². The van der Waals surface area contributed by atoms with Crippen molar-refractivity contribution in [2.75, 3.05) is 12.4 Å². The Morgan fingerprint density at radius 2 is 2.40 bits per heavy atom. The van der Waals surface area contributed by atoms with Gasteiger partial charge in [0, 0.05) is 25.3 Å². The number of aliphatic hydroxyl groups is 1. The molecule has 0 aliphatic rings. The van der Waals surface area contributed by atoms with Crippen LogP contribution in [0.2, 0.25) is 0 Å². The second-order valence-electron chi connectivity index (χ2n) is 2.09. The van der Waals surface area contributed by atoms with E-state index >= 15 is 0 Å². The van der Waals surface area contributed by atoms with Crippen LogP contribution in [0.5, 0.6) is 0 Å². The van der Waals surface area contributed by atoms with Crippen LogP contribution in [0, 0.1) is 0 Å². The summed E-state index contributed by atoms with van der Waals surface area (Å²) in [6.07, 6.45) is 0.572. The van der Waals surface area contributed by atoms with E-state index in [-0.39, 0.29) is 18.6 Å². The summed E-state index contributed by atoms with van der Waals surface area (Å²) in [6.45, 7) is 1.54. The summed E-state index contributed by atoms with van der Waals surface area (Å²) in [4.78, 5) is 10.5. The smallest absolute Gasteiger partial charge is 0.217 e. The van der Waals surface area contributed by atoms with Crippen molar-refractivity contribution in [2.45, 2.75) is 19.4 Å². The lowest BCUT2D eigenvalue weighted by atomic mass is 10.2. The standard InChI is InChI=1S/C6H13NO2S/c1-5(9)7-6(4-10)2-3-8/h6,8,10H,2-4H2,1H3,(H,7,9)/t6-/m0/s1. The lowest BCUT2D eigenvalue weighted by Crippen LogP contribution is -2.35.